The minimum Gasteiger partial charge on any atom is -0.456 e. The van der Waals surface area contributed by atoms with Gasteiger partial charge in [0.15, 0.2) is 12.4 Å². The van der Waals surface area contributed by atoms with Gasteiger partial charge < -0.3 is 15.4 Å². The molecule has 2 amide bonds. The summed E-state index contributed by atoms with van der Waals surface area (Å²) in [5, 5.41) is 15.2. The molecule has 0 unspecified atom stereocenters. The van der Waals surface area contributed by atoms with Gasteiger partial charge in [0.05, 0.1) is 12.0 Å². The highest BCUT2D eigenvalue weighted by Gasteiger charge is 2.22. The maximum atomic E-state index is 12.2. The van der Waals surface area contributed by atoms with Gasteiger partial charge in [-0.05, 0) is 31.2 Å². The normalized spacial score (nSPS) is 12.2. The van der Waals surface area contributed by atoms with E-state index in [0.717, 1.165) is 36.1 Å². The Kier molecular flexibility index (Phi) is 8.72. The number of fused-ring (bicyclic) bond motifs is 1. The van der Waals surface area contributed by atoms with E-state index >= 15 is 0 Å². The van der Waals surface area contributed by atoms with E-state index in [1.165, 1.54) is 11.3 Å². The molecule has 0 spiro atoms. The molecule has 3 rings (SSSR count). The number of aryl methyl sites for hydroxylation is 1. The molecule has 2 aromatic rings. The fourth-order valence-corrected chi connectivity index (χ4v) is 4.80. The number of benzene rings is 1. The second-order valence-electron chi connectivity index (χ2n) is 7.62. The van der Waals surface area contributed by atoms with E-state index in [1.807, 2.05) is 6.07 Å². The van der Waals surface area contributed by atoms with E-state index in [4.69, 9.17) is 4.74 Å². The van der Waals surface area contributed by atoms with Crippen LogP contribution in [-0.4, -0.2) is 36.7 Å². The number of Topliss-reactive ketones (excluding diaryl/α,β-unsaturated/α-hetero) is 1. The topological polar surface area (TPSA) is 125 Å². The van der Waals surface area contributed by atoms with Gasteiger partial charge in [-0.3, -0.25) is 19.2 Å². The van der Waals surface area contributed by atoms with Crippen LogP contribution in [0.5, 0.6) is 0 Å². The highest BCUT2D eigenvalue weighted by atomic mass is 32.1. The molecule has 9 heteroatoms. The number of nitrogens with one attached hydrogen (secondary N) is 2. The van der Waals surface area contributed by atoms with Crippen LogP contribution in [0.1, 0.15) is 58.5 Å². The summed E-state index contributed by atoms with van der Waals surface area (Å²) in [7, 11) is 0. The van der Waals surface area contributed by atoms with Gasteiger partial charge in [-0.15, -0.1) is 11.3 Å². The quantitative estimate of drug-likeness (QED) is 0.408. The minimum absolute atomic E-state index is 0.0250. The van der Waals surface area contributed by atoms with Crippen molar-refractivity contribution in [3.63, 3.8) is 0 Å². The Morgan fingerprint density at radius 3 is 2.52 bits per heavy atom. The van der Waals surface area contributed by atoms with Crippen LogP contribution in [0, 0.1) is 11.3 Å². The molecule has 8 nitrogen and oxygen atoms in total. The van der Waals surface area contributed by atoms with Crippen molar-refractivity contribution < 1.29 is 23.9 Å². The van der Waals surface area contributed by atoms with Gasteiger partial charge in [0.25, 0.3) is 5.91 Å². The van der Waals surface area contributed by atoms with Crippen LogP contribution in [0.15, 0.2) is 30.3 Å². The Morgan fingerprint density at radius 1 is 1.00 bits per heavy atom. The molecule has 0 saturated heterocycles. The highest BCUT2D eigenvalue weighted by Crippen LogP contribution is 2.37. The lowest BCUT2D eigenvalue weighted by atomic mass is 9.96. The number of rotatable bonds is 10. The van der Waals surface area contributed by atoms with Gasteiger partial charge in [0.1, 0.15) is 11.1 Å². The van der Waals surface area contributed by atoms with Crippen molar-refractivity contribution >= 4 is 39.9 Å². The molecular formula is C24H25N3O5S. The number of esters is 1. The molecule has 1 heterocycles. The van der Waals surface area contributed by atoms with Crippen molar-refractivity contribution in [1.82, 2.24) is 5.32 Å². The Labute approximate surface area is 195 Å². The smallest absolute Gasteiger partial charge is 0.308 e. The first-order valence-electron chi connectivity index (χ1n) is 10.8. The first kappa shape index (κ1) is 24.1. The molecule has 0 fully saturated rings. The number of amides is 2. The maximum absolute atomic E-state index is 12.2. The number of carbonyl (C=O) groups is 4. The van der Waals surface area contributed by atoms with Gasteiger partial charge in [0.2, 0.25) is 5.91 Å². The zero-order valence-corrected chi connectivity index (χ0v) is 19.0. The number of hydrogen-bond acceptors (Lipinski definition) is 7. The lowest BCUT2D eigenvalue weighted by molar-refractivity contribution is -0.147. The maximum Gasteiger partial charge on any atom is 0.308 e. The Balaban J connectivity index is 1.33. The number of ketones is 1. The predicted octanol–water partition coefficient (Wildman–Crippen LogP) is 3.15. The van der Waals surface area contributed by atoms with E-state index in [-0.39, 0.29) is 37.5 Å². The van der Waals surface area contributed by atoms with Crippen molar-refractivity contribution in [2.45, 2.75) is 44.9 Å². The van der Waals surface area contributed by atoms with Crippen molar-refractivity contribution in [3.05, 3.63) is 51.9 Å². The Hall–Kier alpha value is -3.51. The SMILES string of the molecule is N#Cc1c(NC(=O)COC(=O)CCNC(=O)CCC(=O)c2ccccc2)sc2c1CCCC2. The van der Waals surface area contributed by atoms with E-state index in [2.05, 4.69) is 16.7 Å². The lowest BCUT2D eigenvalue weighted by Gasteiger charge is -2.09. The summed E-state index contributed by atoms with van der Waals surface area (Å²) in [6, 6.07) is 10.9. The number of nitriles is 1. The number of thiophene rings is 1. The predicted molar refractivity (Wildman–Crippen MR) is 123 cm³/mol. The minimum atomic E-state index is -0.628. The van der Waals surface area contributed by atoms with Crippen molar-refractivity contribution in [3.8, 4) is 6.07 Å². The molecule has 0 atom stereocenters. The molecular weight excluding hydrogens is 442 g/mol. The highest BCUT2D eigenvalue weighted by molar-refractivity contribution is 7.16. The van der Waals surface area contributed by atoms with Crippen LogP contribution >= 0.6 is 11.3 Å². The monoisotopic (exact) mass is 467 g/mol. The standard InChI is InChI=1S/C24H25N3O5S/c25-14-18-17-8-4-5-9-20(17)33-24(18)27-22(30)15-32-23(31)12-13-26-21(29)11-10-19(28)16-6-2-1-3-7-16/h1-3,6-7H,4-5,8-13,15H2,(H,26,29)(H,27,30). The summed E-state index contributed by atoms with van der Waals surface area (Å²) in [4.78, 5) is 49.0. The molecule has 172 valence electrons. The third-order valence-corrected chi connectivity index (χ3v) is 6.43. The van der Waals surface area contributed by atoms with Crippen LogP contribution in [0.25, 0.3) is 0 Å². The molecule has 2 N–H and O–H groups in total. The molecule has 1 aromatic heterocycles. The van der Waals surface area contributed by atoms with Crippen molar-refractivity contribution in [2.75, 3.05) is 18.5 Å². The first-order valence-corrected chi connectivity index (χ1v) is 11.6. The fourth-order valence-electron chi connectivity index (χ4n) is 3.54. The summed E-state index contributed by atoms with van der Waals surface area (Å²) >= 11 is 1.40. The molecule has 1 aromatic carbocycles. The summed E-state index contributed by atoms with van der Waals surface area (Å²) in [6.07, 6.45) is 3.86. The van der Waals surface area contributed by atoms with Crippen LogP contribution in [0.2, 0.25) is 0 Å². The number of nitrogens with zero attached hydrogens (tertiary/aromatic N) is 1. The largest absolute Gasteiger partial charge is 0.456 e. The van der Waals surface area contributed by atoms with Crippen molar-refractivity contribution in [1.29, 1.82) is 5.26 Å². The van der Waals surface area contributed by atoms with E-state index in [1.54, 1.807) is 24.3 Å². The van der Waals surface area contributed by atoms with Crippen LogP contribution in [-0.2, 0) is 32.0 Å². The van der Waals surface area contributed by atoms with Gasteiger partial charge >= 0.3 is 5.97 Å². The number of ether oxygens (including phenoxy) is 1. The third kappa shape index (κ3) is 6.99. The zero-order chi connectivity index (χ0) is 23.6. The zero-order valence-electron chi connectivity index (χ0n) is 18.1. The average molecular weight is 468 g/mol. The third-order valence-electron chi connectivity index (χ3n) is 5.23. The second kappa shape index (κ2) is 11.9. The van der Waals surface area contributed by atoms with Crippen LogP contribution in [0.4, 0.5) is 5.00 Å². The fraction of sp³-hybridized carbons (Fsp3) is 0.375. The summed E-state index contributed by atoms with van der Waals surface area (Å²) in [5.74, 6) is -1.60. The van der Waals surface area contributed by atoms with Gasteiger partial charge in [-0.2, -0.15) is 5.26 Å². The van der Waals surface area contributed by atoms with Gasteiger partial charge in [-0.25, -0.2) is 0 Å². The molecule has 0 saturated carbocycles. The van der Waals surface area contributed by atoms with Crippen LogP contribution in [0.3, 0.4) is 0 Å². The molecule has 0 aliphatic heterocycles. The van der Waals surface area contributed by atoms with E-state index in [9.17, 15) is 24.4 Å². The van der Waals surface area contributed by atoms with E-state index < -0.39 is 18.5 Å². The van der Waals surface area contributed by atoms with E-state index in [0.29, 0.717) is 16.1 Å². The number of anilines is 1. The van der Waals surface area contributed by atoms with Gasteiger partial charge in [0, 0.05) is 29.8 Å². The Morgan fingerprint density at radius 2 is 1.76 bits per heavy atom. The number of hydrogen-bond donors (Lipinski definition) is 2. The Bertz CT molecular complexity index is 1070. The molecule has 33 heavy (non-hydrogen) atoms. The average Bonchev–Trinajstić information content (AvgIpc) is 3.18. The van der Waals surface area contributed by atoms with Crippen LogP contribution < -0.4 is 10.6 Å². The lowest BCUT2D eigenvalue weighted by Crippen LogP contribution is -2.28. The first-order chi connectivity index (χ1) is 16.0. The second-order valence-corrected chi connectivity index (χ2v) is 8.73. The summed E-state index contributed by atoms with van der Waals surface area (Å²) in [5.41, 5.74) is 2.07. The summed E-state index contributed by atoms with van der Waals surface area (Å²) < 4.78 is 4.95. The molecule has 0 bridgehead atoms. The van der Waals surface area contributed by atoms with Gasteiger partial charge in [-0.1, -0.05) is 30.3 Å². The number of carbonyl (C=O) groups excluding carboxylic acids is 4. The summed E-state index contributed by atoms with van der Waals surface area (Å²) in [6.45, 7) is -0.416. The van der Waals surface area contributed by atoms with Crippen molar-refractivity contribution in [2.24, 2.45) is 0 Å². The molecule has 1 aliphatic carbocycles. The molecule has 1 aliphatic rings. The molecule has 0 radical (unpaired) electrons.